The molecule has 0 atom stereocenters. The minimum absolute atomic E-state index is 0.0362. The third-order valence-corrected chi connectivity index (χ3v) is 2.35. The predicted octanol–water partition coefficient (Wildman–Crippen LogP) is 1.75. The van der Waals surface area contributed by atoms with Gasteiger partial charge in [-0.25, -0.2) is 4.39 Å². The quantitative estimate of drug-likeness (QED) is 0.509. The summed E-state index contributed by atoms with van der Waals surface area (Å²) in [5.74, 6) is -0.386. The Morgan fingerprint density at radius 3 is 2.83 bits per heavy atom. The minimum Gasteiger partial charge on any atom is -0.398 e. The van der Waals surface area contributed by atoms with Gasteiger partial charge in [0, 0.05) is 21.2 Å². The molecule has 12 heavy (non-hydrogen) atoms. The first-order valence-corrected chi connectivity index (χ1v) is 4.40. The smallest absolute Gasteiger partial charge is 0.142 e. The van der Waals surface area contributed by atoms with Gasteiger partial charge in [0.1, 0.15) is 12.1 Å². The molecule has 2 N–H and O–H groups in total. The molecule has 1 aromatic rings. The zero-order valence-electron chi connectivity index (χ0n) is 6.18. The van der Waals surface area contributed by atoms with E-state index in [0.717, 1.165) is 0 Å². The standard InChI is InChI=1S/C8H7FINO/c9-8-5(3-4-12)7(11)2-1-6(8)10/h1-2,4H,3,11H2. The van der Waals surface area contributed by atoms with Crippen LogP contribution in [-0.4, -0.2) is 6.29 Å². The Bertz CT molecular complexity index is 314. The van der Waals surface area contributed by atoms with Crippen molar-refractivity contribution < 1.29 is 9.18 Å². The monoisotopic (exact) mass is 279 g/mol. The van der Waals surface area contributed by atoms with Crippen LogP contribution in [0, 0.1) is 9.39 Å². The van der Waals surface area contributed by atoms with Crippen molar-refractivity contribution >= 4 is 34.6 Å². The Labute approximate surface area is 83.1 Å². The van der Waals surface area contributed by atoms with E-state index in [2.05, 4.69) is 0 Å². The summed E-state index contributed by atoms with van der Waals surface area (Å²) < 4.78 is 13.7. The zero-order valence-corrected chi connectivity index (χ0v) is 8.34. The summed E-state index contributed by atoms with van der Waals surface area (Å²) in [6.45, 7) is 0. The molecule has 0 heterocycles. The summed E-state index contributed by atoms with van der Waals surface area (Å²) in [5.41, 5.74) is 6.10. The number of hydrogen-bond acceptors (Lipinski definition) is 2. The fourth-order valence-corrected chi connectivity index (χ4v) is 1.40. The van der Waals surface area contributed by atoms with Gasteiger partial charge < -0.3 is 10.5 Å². The molecule has 0 aliphatic heterocycles. The van der Waals surface area contributed by atoms with Gasteiger partial charge in [0.2, 0.25) is 0 Å². The molecule has 1 rings (SSSR count). The molecule has 0 radical (unpaired) electrons. The minimum atomic E-state index is -0.386. The molecule has 64 valence electrons. The van der Waals surface area contributed by atoms with E-state index in [0.29, 0.717) is 15.5 Å². The third-order valence-electron chi connectivity index (χ3n) is 1.52. The predicted molar refractivity (Wildman–Crippen MR) is 53.3 cm³/mol. The van der Waals surface area contributed by atoms with E-state index >= 15 is 0 Å². The summed E-state index contributed by atoms with van der Waals surface area (Å²) in [4.78, 5) is 10.2. The second kappa shape index (κ2) is 3.84. The molecule has 0 amide bonds. The average molecular weight is 279 g/mol. The molecule has 1 aromatic carbocycles. The molecule has 0 unspecified atom stereocenters. The van der Waals surface area contributed by atoms with E-state index in [1.165, 1.54) is 0 Å². The van der Waals surface area contributed by atoms with Crippen molar-refractivity contribution in [1.82, 2.24) is 0 Å². The second-order valence-corrected chi connectivity index (χ2v) is 3.46. The number of halogens is 2. The van der Waals surface area contributed by atoms with Gasteiger partial charge in [0.25, 0.3) is 0 Å². The lowest BCUT2D eigenvalue weighted by Gasteiger charge is -2.04. The van der Waals surface area contributed by atoms with Crippen molar-refractivity contribution in [1.29, 1.82) is 0 Å². The van der Waals surface area contributed by atoms with Crippen LogP contribution in [-0.2, 0) is 11.2 Å². The van der Waals surface area contributed by atoms with Gasteiger partial charge in [-0.15, -0.1) is 0 Å². The first-order valence-electron chi connectivity index (χ1n) is 3.32. The van der Waals surface area contributed by atoms with Gasteiger partial charge in [-0.2, -0.15) is 0 Å². The largest absolute Gasteiger partial charge is 0.398 e. The molecule has 0 fully saturated rings. The number of aldehydes is 1. The molecule has 0 spiro atoms. The average Bonchev–Trinajstić information content (AvgIpc) is 2.06. The first kappa shape index (κ1) is 9.44. The molecular weight excluding hydrogens is 272 g/mol. The first-order chi connectivity index (χ1) is 5.66. The summed E-state index contributed by atoms with van der Waals surface area (Å²) in [5, 5.41) is 0. The van der Waals surface area contributed by atoms with Crippen LogP contribution in [0.5, 0.6) is 0 Å². The maximum absolute atomic E-state index is 13.2. The topological polar surface area (TPSA) is 43.1 Å². The Morgan fingerprint density at radius 2 is 2.25 bits per heavy atom. The Hall–Kier alpha value is -0.650. The van der Waals surface area contributed by atoms with E-state index in [-0.39, 0.29) is 17.8 Å². The Balaban J connectivity index is 3.22. The van der Waals surface area contributed by atoms with E-state index in [4.69, 9.17) is 5.73 Å². The van der Waals surface area contributed by atoms with E-state index in [1.807, 2.05) is 22.6 Å². The van der Waals surface area contributed by atoms with Gasteiger partial charge in [0.15, 0.2) is 0 Å². The highest BCUT2D eigenvalue weighted by Gasteiger charge is 2.08. The normalized spacial score (nSPS) is 9.83. The summed E-state index contributed by atoms with van der Waals surface area (Å²) in [6.07, 6.45) is 0.680. The Kier molecular flexibility index (Phi) is 3.02. The van der Waals surface area contributed by atoms with Crippen LogP contribution in [0.3, 0.4) is 0 Å². The molecular formula is C8H7FINO. The van der Waals surface area contributed by atoms with E-state index in [1.54, 1.807) is 12.1 Å². The molecule has 0 bridgehead atoms. The third kappa shape index (κ3) is 1.74. The van der Waals surface area contributed by atoms with Gasteiger partial charge >= 0.3 is 0 Å². The number of nitrogens with two attached hydrogens (primary N) is 1. The maximum Gasteiger partial charge on any atom is 0.142 e. The highest BCUT2D eigenvalue weighted by atomic mass is 127. The lowest BCUT2D eigenvalue weighted by molar-refractivity contribution is -0.107. The van der Waals surface area contributed by atoms with Crippen molar-refractivity contribution in [2.45, 2.75) is 6.42 Å². The molecule has 0 saturated heterocycles. The zero-order chi connectivity index (χ0) is 9.14. The van der Waals surface area contributed by atoms with Crippen LogP contribution in [0.15, 0.2) is 12.1 Å². The number of carbonyl (C=O) groups is 1. The number of hydrogen-bond donors (Lipinski definition) is 1. The lowest BCUT2D eigenvalue weighted by Crippen LogP contribution is -2.00. The summed E-state index contributed by atoms with van der Waals surface area (Å²) >= 11 is 1.86. The van der Waals surface area contributed by atoms with Crippen LogP contribution >= 0.6 is 22.6 Å². The van der Waals surface area contributed by atoms with Gasteiger partial charge in [0.05, 0.1) is 0 Å². The summed E-state index contributed by atoms with van der Waals surface area (Å²) in [6, 6.07) is 3.18. The van der Waals surface area contributed by atoms with Gasteiger partial charge in [-0.3, -0.25) is 0 Å². The van der Waals surface area contributed by atoms with Crippen molar-refractivity contribution in [2.75, 3.05) is 5.73 Å². The van der Waals surface area contributed by atoms with E-state index in [9.17, 15) is 9.18 Å². The number of anilines is 1. The molecule has 0 aliphatic rings. The molecule has 0 aliphatic carbocycles. The van der Waals surface area contributed by atoms with Crippen molar-refractivity contribution in [3.8, 4) is 0 Å². The number of nitrogen functional groups attached to an aromatic ring is 1. The van der Waals surface area contributed by atoms with Gasteiger partial charge in [-0.05, 0) is 34.7 Å². The molecule has 2 nitrogen and oxygen atoms in total. The van der Waals surface area contributed by atoms with Crippen LogP contribution in [0.2, 0.25) is 0 Å². The molecule has 0 saturated carbocycles. The van der Waals surface area contributed by atoms with Crippen LogP contribution in [0.4, 0.5) is 10.1 Å². The van der Waals surface area contributed by atoms with Gasteiger partial charge in [-0.1, -0.05) is 0 Å². The number of carbonyl (C=O) groups excluding carboxylic acids is 1. The van der Waals surface area contributed by atoms with E-state index < -0.39 is 0 Å². The number of benzene rings is 1. The molecule has 0 aromatic heterocycles. The van der Waals surface area contributed by atoms with Crippen molar-refractivity contribution in [3.05, 3.63) is 27.1 Å². The maximum atomic E-state index is 13.2. The van der Waals surface area contributed by atoms with Crippen LogP contribution < -0.4 is 5.73 Å². The summed E-state index contributed by atoms with van der Waals surface area (Å²) in [7, 11) is 0. The molecule has 4 heteroatoms. The van der Waals surface area contributed by atoms with Crippen molar-refractivity contribution in [2.24, 2.45) is 0 Å². The SMILES string of the molecule is Nc1ccc(I)c(F)c1CC=O. The fourth-order valence-electron chi connectivity index (χ4n) is 0.898. The number of rotatable bonds is 2. The second-order valence-electron chi connectivity index (χ2n) is 2.30. The highest BCUT2D eigenvalue weighted by molar-refractivity contribution is 14.1. The van der Waals surface area contributed by atoms with Crippen LogP contribution in [0.25, 0.3) is 0 Å². The van der Waals surface area contributed by atoms with Crippen molar-refractivity contribution in [3.63, 3.8) is 0 Å². The Morgan fingerprint density at radius 1 is 1.58 bits per heavy atom. The fraction of sp³-hybridized carbons (Fsp3) is 0.125. The highest BCUT2D eigenvalue weighted by Crippen LogP contribution is 2.20. The lowest BCUT2D eigenvalue weighted by atomic mass is 10.1. The van der Waals surface area contributed by atoms with Crippen LogP contribution in [0.1, 0.15) is 5.56 Å².